The number of benzene rings is 2. The smallest absolute Gasteiger partial charge is 0.241 e. The van der Waals surface area contributed by atoms with Crippen LogP contribution in [0.15, 0.2) is 53.4 Å². The summed E-state index contributed by atoms with van der Waals surface area (Å²) in [5.74, 6) is -1.95. The standard InChI is InChI=1S/C15H15F2NO3S/c16-12-8-13(17)10-14(9-12)22(20,21)18-15(6-7-19)11-4-2-1-3-5-11/h1-5,8-10,15,18-19H,6-7H2/t15-/m1/s1. The molecule has 0 heterocycles. The van der Waals surface area contributed by atoms with Crippen LogP contribution in [0, 0.1) is 11.6 Å². The summed E-state index contributed by atoms with van der Waals surface area (Å²) in [5, 5.41) is 9.10. The zero-order valence-corrected chi connectivity index (χ0v) is 12.4. The van der Waals surface area contributed by atoms with Crippen LogP contribution in [0.25, 0.3) is 0 Å². The molecule has 2 aromatic carbocycles. The van der Waals surface area contributed by atoms with Crippen LogP contribution in [0.2, 0.25) is 0 Å². The maximum Gasteiger partial charge on any atom is 0.241 e. The zero-order valence-electron chi connectivity index (χ0n) is 11.5. The number of hydrogen-bond donors (Lipinski definition) is 2. The van der Waals surface area contributed by atoms with Gasteiger partial charge in [0.1, 0.15) is 11.6 Å². The Morgan fingerprint density at radius 1 is 1.05 bits per heavy atom. The number of hydrogen-bond acceptors (Lipinski definition) is 3. The van der Waals surface area contributed by atoms with E-state index in [9.17, 15) is 17.2 Å². The lowest BCUT2D eigenvalue weighted by Crippen LogP contribution is -2.29. The third-order valence-corrected chi connectivity index (χ3v) is 4.51. The second-order valence-corrected chi connectivity index (χ2v) is 6.42. The van der Waals surface area contributed by atoms with Gasteiger partial charge in [0, 0.05) is 18.7 Å². The molecule has 1 atom stereocenters. The first-order valence-electron chi connectivity index (χ1n) is 6.56. The number of sulfonamides is 1. The minimum atomic E-state index is -4.12. The molecule has 2 rings (SSSR count). The first-order chi connectivity index (χ1) is 10.4. The van der Waals surface area contributed by atoms with Gasteiger partial charge in [0.15, 0.2) is 0 Å². The van der Waals surface area contributed by atoms with Crippen molar-refractivity contribution < 1.29 is 22.3 Å². The molecule has 4 nitrogen and oxygen atoms in total. The topological polar surface area (TPSA) is 66.4 Å². The van der Waals surface area contributed by atoms with Crippen molar-refractivity contribution in [2.24, 2.45) is 0 Å². The van der Waals surface area contributed by atoms with Crippen molar-refractivity contribution in [3.8, 4) is 0 Å². The lowest BCUT2D eigenvalue weighted by atomic mass is 10.1. The summed E-state index contributed by atoms with van der Waals surface area (Å²) in [4.78, 5) is -0.496. The Morgan fingerprint density at radius 2 is 1.64 bits per heavy atom. The number of rotatable bonds is 6. The van der Waals surface area contributed by atoms with Gasteiger partial charge >= 0.3 is 0 Å². The van der Waals surface area contributed by atoms with Crippen molar-refractivity contribution >= 4 is 10.0 Å². The van der Waals surface area contributed by atoms with Gasteiger partial charge in [0.05, 0.1) is 4.90 Å². The van der Waals surface area contributed by atoms with Crippen LogP contribution in [0.4, 0.5) is 8.78 Å². The van der Waals surface area contributed by atoms with Crippen LogP contribution in [-0.4, -0.2) is 20.1 Å². The third kappa shape index (κ3) is 4.09. The molecule has 0 aliphatic rings. The van der Waals surface area contributed by atoms with Crippen molar-refractivity contribution in [3.05, 3.63) is 65.7 Å². The van der Waals surface area contributed by atoms with Gasteiger partial charge in [-0.3, -0.25) is 0 Å². The summed E-state index contributed by atoms with van der Waals surface area (Å²) < 4.78 is 53.3. The zero-order chi connectivity index (χ0) is 16.2. The molecule has 2 N–H and O–H groups in total. The Kier molecular flexibility index (Phi) is 5.23. The quantitative estimate of drug-likeness (QED) is 0.856. The predicted octanol–water partition coefficient (Wildman–Crippen LogP) is 2.37. The Hall–Kier alpha value is -1.83. The van der Waals surface area contributed by atoms with Gasteiger partial charge in [-0.05, 0) is 24.1 Å². The van der Waals surface area contributed by atoms with Gasteiger partial charge in [-0.25, -0.2) is 21.9 Å². The number of halogens is 2. The first-order valence-corrected chi connectivity index (χ1v) is 8.05. The number of aliphatic hydroxyl groups excluding tert-OH is 1. The Labute approximate surface area is 127 Å². The molecule has 118 valence electrons. The summed E-state index contributed by atoms with van der Waals surface area (Å²) in [6.45, 7) is -0.237. The molecule has 0 radical (unpaired) electrons. The van der Waals surface area contributed by atoms with Gasteiger partial charge in [-0.1, -0.05) is 30.3 Å². The molecule has 7 heteroatoms. The van der Waals surface area contributed by atoms with E-state index in [-0.39, 0.29) is 13.0 Å². The van der Waals surface area contributed by atoms with E-state index in [1.54, 1.807) is 30.3 Å². The van der Waals surface area contributed by atoms with E-state index in [2.05, 4.69) is 4.72 Å². The van der Waals surface area contributed by atoms with E-state index in [4.69, 9.17) is 5.11 Å². The third-order valence-electron chi connectivity index (χ3n) is 3.06. The summed E-state index contributed by atoms with van der Waals surface area (Å²) in [7, 11) is -4.12. The van der Waals surface area contributed by atoms with Crippen LogP contribution in [0.5, 0.6) is 0 Å². The summed E-state index contributed by atoms with van der Waals surface area (Å²) >= 11 is 0. The van der Waals surface area contributed by atoms with Crippen molar-refractivity contribution in [1.82, 2.24) is 4.72 Å². The van der Waals surface area contributed by atoms with Crippen molar-refractivity contribution in [2.45, 2.75) is 17.4 Å². The van der Waals surface area contributed by atoms with E-state index in [1.807, 2.05) is 0 Å². The van der Waals surface area contributed by atoms with Crippen LogP contribution in [-0.2, 0) is 10.0 Å². The van der Waals surface area contributed by atoms with Crippen molar-refractivity contribution in [1.29, 1.82) is 0 Å². The minimum absolute atomic E-state index is 0.140. The minimum Gasteiger partial charge on any atom is -0.396 e. The van der Waals surface area contributed by atoms with Gasteiger partial charge in [-0.15, -0.1) is 0 Å². The average Bonchev–Trinajstić information content (AvgIpc) is 2.46. The Balaban J connectivity index is 2.32. The van der Waals surface area contributed by atoms with Crippen LogP contribution in [0.3, 0.4) is 0 Å². The first kappa shape index (κ1) is 16.5. The number of aliphatic hydroxyl groups is 1. The van der Waals surface area contributed by atoms with Crippen molar-refractivity contribution in [2.75, 3.05) is 6.61 Å². The summed E-state index contributed by atoms with van der Waals surface area (Å²) in [6.07, 6.45) is 0.140. The SMILES string of the molecule is O=S(=O)(N[C@H](CCO)c1ccccc1)c1cc(F)cc(F)c1. The van der Waals surface area contributed by atoms with Crippen LogP contribution in [0.1, 0.15) is 18.0 Å². The maximum absolute atomic E-state index is 13.2. The van der Waals surface area contributed by atoms with E-state index < -0.39 is 32.6 Å². The molecule has 0 aromatic heterocycles. The lowest BCUT2D eigenvalue weighted by Gasteiger charge is -2.18. The van der Waals surface area contributed by atoms with Gasteiger partial charge in [-0.2, -0.15) is 0 Å². The Bertz CT molecular complexity index is 715. The molecule has 0 aliphatic carbocycles. The highest BCUT2D eigenvalue weighted by atomic mass is 32.2. The molecule has 0 amide bonds. The second-order valence-electron chi connectivity index (χ2n) is 4.70. The Morgan fingerprint density at radius 3 is 2.18 bits per heavy atom. The second kappa shape index (κ2) is 6.95. The summed E-state index contributed by atoms with van der Waals surface area (Å²) in [6, 6.07) is 10.0. The highest BCUT2D eigenvalue weighted by Crippen LogP contribution is 2.21. The predicted molar refractivity (Wildman–Crippen MR) is 77.6 cm³/mol. The molecule has 0 spiro atoms. The molecule has 0 aliphatic heterocycles. The molecule has 2 aromatic rings. The molecule has 0 fully saturated rings. The van der Waals surface area contributed by atoms with Gasteiger partial charge < -0.3 is 5.11 Å². The van der Waals surface area contributed by atoms with Crippen LogP contribution >= 0.6 is 0 Å². The molecular weight excluding hydrogens is 312 g/mol. The van der Waals surface area contributed by atoms with Crippen LogP contribution < -0.4 is 4.72 Å². The highest BCUT2D eigenvalue weighted by Gasteiger charge is 2.22. The molecule has 0 bridgehead atoms. The molecule has 22 heavy (non-hydrogen) atoms. The normalized spacial score (nSPS) is 13.0. The molecular formula is C15H15F2NO3S. The number of nitrogens with one attached hydrogen (secondary N) is 1. The molecule has 0 saturated carbocycles. The van der Waals surface area contributed by atoms with Gasteiger partial charge in [0.25, 0.3) is 0 Å². The molecule has 0 saturated heterocycles. The maximum atomic E-state index is 13.2. The van der Waals surface area contributed by atoms with Gasteiger partial charge in [0.2, 0.25) is 10.0 Å². The van der Waals surface area contributed by atoms with E-state index >= 15 is 0 Å². The largest absolute Gasteiger partial charge is 0.396 e. The van der Waals surface area contributed by atoms with E-state index in [0.29, 0.717) is 11.6 Å². The van der Waals surface area contributed by atoms with E-state index in [1.165, 1.54) is 0 Å². The monoisotopic (exact) mass is 327 g/mol. The summed E-state index contributed by atoms with van der Waals surface area (Å²) in [5.41, 5.74) is 0.650. The van der Waals surface area contributed by atoms with Crippen molar-refractivity contribution in [3.63, 3.8) is 0 Å². The fourth-order valence-electron chi connectivity index (χ4n) is 2.05. The lowest BCUT2D eigenvalue weighted by molar-refractivity contribution is 0.272. The fraction of sp³-hybridized carbons (Fsp3) is 0.200. The fourth-order valence-corrected chi connectivity index (χ4v) is 3.35. The average molecular weight is 327 g/mol. The highest BCUT2D eigenvalue weighted by molar-refractivity contribution is 7.89. The molecule has 0 unspecified atom stereocenters. The van der Waals surface area contributed by atoms with E-state index in [0.717, 1.165) is 12.1 Å².